The van der Waals surface area contributed by atoms with Gasteiger partial charge in [0.15, 0.2) is 0 Å². The maximum atomic E-state index is 14.0. The van der Waals surface area contributed by atoms with Crippen molar-refractivity contribution in [2.75, 3.05) is 18.0 Å². The van der Waals surface area contributed by atoms with Gasteiger partial charge in [0.2, 0.25) is 5.91 Å². The van der Waals surface area contributed by atoms with E-state index in [0.29, 0.717) is 24.3 Å². The molecule has 0 unspecified atom stereocenters. The molecule has 1 saturated heterocycles. The standard InChI is InChI=1S/C14H20FN3O/c1-9(16)12-10(15)5-4-6-11(12)18-8-7-17-13(19)14(18,2)3/h4-6,9H,7-8,16H2,1-3H3,(H,17,19)/t9-/m1/s1. The van der Waals surface area contributed by atoms with Crippen molar-refractivity contribution in [3.05, 3.63) is 29.6 Å². The Morgan fingerprint density at radius 3 is 2.79 bits per heavy atom. The predicted octanol–water partition coefficient (Wildman–Crippen LogP) is 1.56. The highest BCUT2D eigenvalue weighted by atomic mass is 19.1. The summed E-state index contributed by atoms with van der Waals surface area (Å²) in [6.45, 7) is 6.60. The minimum atomic E-state index is -0.713. The van der Waals surface area contributed by atoms with Crippen LogP contribution in [0.25, 0.3) is 0 Å². The van der Waals surface area contributed by atoms with Crippen molar-refractivity contribution in [1.82, 2.24) is 5.32 Å². The van der Waals surface area contributed by atoms with Crippen LogP contribution in [0.3, 0.4) is 0 Å². The average Bonchev–Trinajstić information content (AvgIpc) is 2.31. The number of piperazine rings is 1. The summed E-state index contributed by atoms with van der Waals surface area (Å²) in [7, 11) is 0. The first-order valence-corrected chi connectivity index (χ1v) is 6.45. The Balaban J connectivity index is 2.52. The topological polar surface area (TPSA) is 58.4 Å². The predicted molar refractivity (Wildman–Crippen MR) is 73.4 cm³/mol. The molecule has 1 atom stereocenters. The fourth-order valence-electron chi connectivity index (χ4n) is 2.53. The highest BCUT2D eigenvalue weighted by Gasteiger charge is 2.39. The Morgan fingerprint density at radius 2 is 2.16 bits per heavy atom. The number of rotatable bonds is 2. The first-order chi connectivity index (χ1) is 8.85. The molecule has 2 rings (SSSR count). The summed E-state index contributed by atoms with van der Waals surface area (Å²) in [5.41, 5.74) is 6.33. The number of nitrogens with zero attached hydrogens (tertiary/aromatic N) is 1. The molecule has 3 N–H and O–H groups in total. The number of nitrogens with one attached hydrogen (secondary N) is 1. The van der Waals surface area contributed by atoms with Gasteiger partial charge in [-0.25, -0.2) is 4.39 Å². The van der Waals surface area contributed by atoms with Crippen LogP contribution in [0.15, 0.2) is 18.2 Å². The largest absolute Gasteiger partial charge is 0.355 e. The molecule has 0 radical (unpaired) electrons. The molecule has 19 heavy (non-hydrogen) atoms. The molecule has 1 aromatic carbocycles. The zero-order chi connectivity index (χ0) is 14.2. The first kappa shape index (κ1) is 13.8. The van der Waals surface area contributed by atoms with Gasteiger partial charge in [-0.2, -0.15) is 0 Å². The molecule has 1 heterocycles. The first-order valence-electron chi connectivity index (χ1n) is 6.45. The summed E-state index contributed by atoms with van der Waals surface area (Å²) in [5, 5.41) is 2.83. The molecular weight excluding hydrogens is 245 g/mol. The van der Waals surface area contributed by atoms with Gasteiger partial charge in [-0.3, -0.25) is 4.79 Å². The number of carbonyl (C=O) groups is 1. The molecule has 0 spiro atoms. The molecule has 104 valence electrons. The van der Waals surface area contributed by atoms with Crippen molar-refractivity contribution < 1.29 is 9.18 Å². The van der Waals surface area contributed by atoms with Crippen LogP contribution in [0.5, 0.6) is 0 Å². The number of hydrogen-bond donors (Lipinski definition) is 2. The summed E-state index contributed by atoms with van der Waals surface area (Å²) in [4.78, 5) is 13.9. The molecule has 5 heteroatoms. The Kier molecular flexibility index (Phi) is 3.49. The third-order valence-electron chi connectivity index (χ3n) is 3.63. The molecule has 1 aromatic rings. The number of nitrogens with two attached hydrogens (primary N) is 1. The lowest BCUT2D eigenvalue weighted by molar-refractivity contribution is -0.126. The van der Waals surface area contributed by atoms with E-state index in [4.69, 9.17) is 5.73 Å². The van der Waals surface area contributed by atoms with Crippen molar-refractivity contribution in [3.8, 4) is 0 Å². The number of halogens is 1. The Labute approximate surface area is 112 Å². The van der Waals surface area contributed by atoms with Crippen LogP contribution in [0.4, 0.5) is 10.1 Å². The summed E-state index contributed by atoms with van der Waals surface area (Å²) < 4.78 is 14.0. The van der Waals surface area contributed by atoms with Crippen molar-refractivity contribution in [2.24, 2.45) is 5.73 Å². The van der Waals surface area contributed by atoms with Crippen LogP contribution in [-0.4, -0.2) is 24.5 Å². The van der Waals surface area contributed by atoms with E-state index in [1.807, 2.05) is 24.8 Å². The van der Waals surface area contributed by atoms with Crippen LogP contribution in [-0.2, 0) is 4.79 Å². The quantitative estimate of drug-likeness (QED) is 0.853. The van der Waals surface area contributed by atoms with E-state index < -0.39 is 11.6 Å². The van der Waals surface area contributed by atoms with Gasteiger partial charge in [-0.15, -0.1) is 0 Å². The fraction of sp³-hybridized carbons (Fsp3) is 0.500. The Morgan fingerprint density at radius 1 is 1.47 bits per heavy atom. The van der Waals surface area contributed by atoms with Gasteiger partial charge < -0.3 is 16.0 Å². The van der Waals surface area contributed by atoms with Gasteiger partial charge >= 0.3 is 0 Å². The third-order valence-corrected chi connectivity index (χ3v) is 3.63. The van der Waals surface area contributed by atoms with Gasteiger partial charge in [0.1, 0.15) is 11.4 Å². The fourth-order valence-corrected chi connectivity index (χ4v) is 2.53. The number of amides is 1. The highest BCUT2D eigenvalue weighted by Crippen LogP contribution is 2.33. The van der Waals surface area contributed by atoms with Gasteiger partial charge in [-0.05, 0) is 32.9 Å². The minimum absolute atomic E-state index is 0.0568. The maximum Gasteiger partial charge on any atom is 0.245 e. The lowest BCUT2D eigenvalue weighted by Gasteiger charge is -2.44. The van der Waals surface area contributed by atoms with Crippen molar-refractivity contribution >= 4 is 11.6 Å². The number of anilines is 1. The van der Waals surface area contributed by atoms with Crippen molar-refractivity contribution in [1.29, 1.82) is 0 Å². The second-order valence-electron chi connectivity index (χ2n) is 5.43. The van der Waals surface area contributed by atoms with Crippen LogP contribution in [0.2, 0.25) is 0 Å². The molecule has 1 amide bonds. The van der Waals surface area contributed by atoms with Gasteiger partial charge in [-0.1, -0.05) is 6.07 Å². The summed E-state index contributed by atoms with van der Waals surface area (Å²) in [6, 6.07) is 4.46. The van der Waals surface area contributed by atoms with E-state index in [-0.39, 0.29) is 11.7 Å². The SMILES string of the molecule is C[C@@H](N)c1c(F)cccc1N1CCNC(=O)C1(C)C. The van der Waals surface area contributed by atoms with Crippen LogP contribution >= 0.6 is 0 Å². The van der Waals surface area contributed by atoms with E-state index in [2.05, 4.69) is 5.32 Å². The molecule has 0 saturated carbocycles. The highest BCUT2D eigenvalue weighted by molar-refractivity contribution is 5.90. The lowest BCUT2D eigenvalue weighted by Crippen LogP contribution is -2.62. The molecule has 0 bridgehead atoms. The Hall–Kier alpha value is -1.62. The zero-order valence-corrected chi connectivity index (χ0v) is 11.5. The van der Waals surface area contributed by atoms with Crippen molar-refractivity contribution in [2.45, 2.75) is 32.4 Å². The minimum Gasteiger partial charge on any atom is -0.355 e. The number of hydrogen-bond acceptors (Lipinski definition) is 3. The van der Waals surface area contributed by atoms with Crippen LogP contribution in [0.1, 0.15) is 32.4 Å². The molecule has 0 aliphatic carbocycles. The van der Waals surface area contributed by atoms with E-state index in [9.17, 15) is 9.18 Å². The second-order valence-corrected chi connectivity index (χ2v) is 5.43. The number of benzene rings is 1. The average molecular weight is 265 g/mol. The molecule has 1 aliphatic heterocycles. The van der Waals surface area contributed by atoms with Crippen LogP contribution < -0.4 is 16.0 Å². The molecular formula is C14H20FN3O. The molecule has 1 aliphatic rings. The summed E-state index contributed by atoms with van der Waals surface area (Å²) >= 11 is 0. The van der Waals surface area contributed by atoms with Gasteiger partial charge in [0.05, 0.1) is 0 Å². The van der Waals surface area contributed by atoms with E-state index in [1.54, 1.807) is 13.0 Å². The number of carbonyl (C=O) groups excluding carboxylic acids is 1. The van der Waals surface area contributed by atoms with Gasteiger partial charge in [0, 0.05) is 30.4 Å². The van der Waals surface area contributed by atoms with Crippen molar-refractivity contribution in [3.63, 3.8) is 0 Å². The smallest absolute Gasteiger partial charge is 0.245 e. The van der Waals surface area contributed by atoms with E-state index in [0.717, 1.165) is 0 Å². The normalized spacial score (nSPS) is 20.1. The van der Waals surface area contributed by atoms with E-state index in [1.165, 1.54) is 6.07 Å². The monoisotopic (exact) mass is 265 g/mol. The van der Waals surface area contributed by atoms with Gasteiger partial charge in [0.25, 0.3) is 0 Å². The second kappa shape index (κ2) is 4.81. The lowest BCUT2D eigenvalue weighted by atomic mass is 9.95. The van der Waals surface area contributed by atoms with E-state index >= 15 is 0 Å². The molecule has 0 aromatic heterocycles. The zero-order valence-electron chi connectivity index (χ0n) is 11.5. The Bertz CT molecular complexity index is 499. The maximum absolute atomic E-state index is 14.0. The van der Waals surface area contributed by atoms with Crippen LogP contribution in [0, 0.1) is 5.82 Å². The molecule has 1 fully saturated rings. The summed E-state index contributed by atoms with van der Waals surface area (Å²) in [5.74, 6) is -0.382. The third kappa shape index (κ3) is 2.30. The molecule has 4 nitrogen and oxygen atoms in total. The summed E-state index contributed by atoms with van der Waals surface area (Å²) in [6.07, 6.45) is 0.